The molecule has 10 heteroatoms. The van der Waals surface area contributed by atoms with E-state index in [9.17, 15) is 23.1 Å². The number of carboxylic acid groups (broad SMARTS) is 1. The van der Waals surface area contributed by atoms with E-state index in [1.165, 1.54) is 4.31 Å². The van der Waals surface area contributed by atoms with Crippen molar-refractivity contribution in [3.8, 4) is 0 Å². The van der Waals surface area contributed by atoms with Crippen molar-refractivity contribution in [1.29, 1.82) is 0 Å². The molecule has 1 heterocycles. The lowest BCUT2D eigenvalue weighted by atomic mass is 9.65. The van der Waals surface area contributed by atoms with Gasteiger partial charge in [-0.15, -0.1) is 0 Å². The van der Waals surface area contributed by atoms with E-state index in [0.717, 1.165) is 11.1 Å². The Labute approximate surface area is 241 Å². The first kappa shape index (κ1) is 29.8. The average Bonchev–Trinajstić information content (AvgIpc) is 3.75. The van der Waals surface area contributed by atoms with Crippen molar-refractivity contribution in [2.24, 2.45) is 5.41 Å². The van der Waals surface area contributed by atoms with Gasteiger partial charge in [0.25, 0.3) is 0 Å². The van der Waals surface area contributed by atoms with Gasteiger partial charge >= 0.3 is 5.97 Å². The van der Waals surface area contributed by atoms with Gasteiger partial charge in [0.05, 0.1) is 23.1 Å². The number of hydrogen-bond acceptors (Lipinski definition) is 4. The number of aliphatic carboxylic acids is 1. The number of likely N-dealkylation sites (N-methyl/N-ethyl adjacent to an activating group) is 1. The highest BCUT2D eigenvalue weighted by atomic mass is 35.5. The largest absolute Gasteiger partial charge is 0.481 e. The molecule has 212 valence electrons. The number of piperidine rings is 1. The van der Waals surface area contributed by atoms with Crippen molar-refractivity contribution < 1.29 is 23.1 Å². The molecule has 2 fully saturated rings. The van der Waals surface area contributed by atoms with E-state index < -0.39 is 33.5 Å². The summed E-state index contributed by atoms with van der Waals surface area (Å²) in [5, 5.41) is 10.6. The Bertz CT molecular complexity index is 1320. The smallest absolute Gasteiger partial charge is 0.304 e. The van der Waals surface area contributed by atoms with Crippen LogP contribution in [0.3, 0.4) is 0 Å². The van der Waals surface area contributed by atoms with Crippen LogP contribution in [-0.4, -0.2) is 59.5 Å². The minimum atomic E-state index is -3.47. The number of hydrogen-bond donors (Lipinski definition) is 1. The summed E-state index contributed by atoms with van der Waals surface area (Å²) in [6, 6.07) is 13.9. The Morgan fingerprint density at radius 1 is 1.10 bits per heavy atom. The number of benzene rings is 2. The zero-order chi connectivity index (χ0) is 28.5. The van der Waals surface area contributed by atoms with Crippen molar-refractivity contribution in [3.63, 3.8) is 0 Å². The topological polar surface area (TPSA) is 95.0 Å². The van der Waals surface area contributed by atoms with E-state index in [2.05, 4.69) is 0 Å². The lowest BCUT2D eigenvalue weighted by Gasteiger charge is -2.53. The number of carbonyl (C=O) groups excluding carboxylic acids is 1. The molecule has 4 unspecified atom stereocenters. The molecule has 1 amide bonds. The molecule has 2 aromatic rings. The monoisotopic (exact) mass is 594 g/mol. The van der Waals surface area contributed by atoms with Gasteiger partial charge in [0, 0.05) is 35.6 Å². The highest BCUT2D eigenvalue weighted by molar-refractivity contribution is 7.90. The first-order chi connectivity index (χ1) is 18.4. The molecule has 39 heavy (non-hydrogen) atoms. The van der Waals surface area contributed by atoms with Crippen LogP contribution in [0.1, 0.15) is 75.5 Å². The van der Waals surface area contributed by atoms with E-state index in [0.29, 0.717) is 42.1 Å². The van der Waals surface area contributed by atoms with Gasteiger partial charge in [-0.1, -0.05) is 61.3 Å². The summed E-state index contributed by atoms with van der Waals surface area (Å²) in [7, 11) is -1.90. The molecule has 0 spiro atoms. The molecule has 4 atom stereocenters. The van der Waals surface area contributed by atoms with Crippen LogP contribution in [0.2, 0.25) is 10.0 Å². The summed E-state index contributed by atoms with van der Waals surface area (Å²) < 4.78 is 27.5. The van der Waals surface area contributed by atoms with Crippen molar-refractivity contribution in [2.45, 2.75) is 75.6 Å². The Hall–Kier alpha value is -2.13. The summed E-state index contributed by atoms with van der Waals surface area (Å²) in [6.45, 7) is 3.91. The zero-order valence-corrected chi connectivity index (χ0v) is 24.8. The summed E-state index contributed by atoms with van der Waals surface area (Å²) in [5.74, 6) is -1.57. The molecule has 7 nitrogen and oxygen atoms in total. The van der Waals surface area contributed by atoms with Crippen molar-refractivity contribution in [1.82, 2.24) is 9.21 Å². The number of amides is 1. The lowest BCUT2D eigenvalue weighted by molar-refractivity contribution is -0.162. The van der Waals surface area contributed by atoms with Crippen LogP contribution in [0.4, 0.5) is 0 Å². The Morgan fingerprint density at radius 3 is 2.31 bits per heavy atom. The number of sulfonamides is 1. The molecular formula is C29H36Cl2N2O5S. The van der Waals surface area contributed by atoms with Crippen LogP contribution >= 0.6 is 23.2 Å². The molecule has 2 aromatic carbocycles. The Morgan fingerprint density at radius 2 is 1.77 bits per heavy atom. The highest BCUT2D eigenvalue weighted by Gasteiger charge is 2.54. The summed E-state index contributed by atoms with van der Waals surface area (Å²) in [5.41, 5.74) is 0.601. The fraction of sp³-hybridized carbons (Fsp3) is 0.517. The summed E-state index contributed by atoms with van der Waals surface area (Å²) >= 11 is 12.6. The second kappa shape index (κ2) is 11.8. The minimum Gasteiger partial charge on any atom is -0.481 e. The predicted octanol–water partition coefficient (Wildman–Crippen LogP) is 6.12. The number of carboxylic acids is 1. The van der Waals surface area contributed by atoms with Crippen LogP contribution < -0.4 is 0 Å². The fourth-order valence-electron chi connectivity index (χ4n) is 5.99. The van der Waals surface area contributed by atoms with E-state index >= 15 is 0 Å². The maximum atomic E-state index is 14.5. The number of nitrogens with zero attached hydrogens (tertiary/aromatic N) is 2. The number of carbonyl (C=O) groups is 2. The van der Waals surface area contributed by atoms with Gasteiger partial charge in [-0.2, -0.15) is 0 Å². The molecular weight excluding hydrogens is 559 g/mol. The van der Waals surface area contributed by atoms with Gasteiger partial charge in [0.2, 0.25) is 15.9 Å². The van der Waals surface area contributed by atoms with Crippen LogP contribution in [0, 0.1) is 5.41 Å². The first-order valence-corrected chi connectivity index (χ1v) is 15.7. The standard InChI is InChI=1S/C29H36Cl2N2O5S/c1-4-23(18-32(3)39(37,38)24-13-14-24)33-27(19-9-11-21(30)12-10-19)25(20-7-6-8-22(31)15-20)16-29(5-2,28(33)36)17-26(34)35/h6-12,15,23-25,27H,4-5,13-14,16-18H2,1-3H3,(H,34,35). The van der Waals surface area contributed by atoms with Crippen LogP contribution in [0.25, 0.3) is 0 Å². The SMILES string of the molecule is CCC(CN(C)S(=O)(=O)C1CC1)N1C(=O)C(CC)(CC(=O)O)CC(c2cccc(Cl)c2)C1c1ccc(Cl)cc1. The average molecular weight is 596 g/mol. The molecule has 1 aliphatic carbocycles. The third kappa shape index (κ3) is 6.14. The normalized spacial score (nSPS) is 24.7. The van der Waals surface area contributed by atoms with Crippen molar-refractivity contribution in [2.75, 3.05) is 13.6 Å². The molecule has 1 N–H and O–H groups in total. The van der Waals surface area contributed by atoms with Crippen LogP contribution in [-0.2, 0) is 19.6 Å². The van der Waals surface area contributed by atoms with Gasteiger partial charge in [-0.05, 0) is 67.5 Å². The van der Waals surface area contributed by atoms with E-state index in [4.69, 9.17) is 23.2 Å². The molecule has 0 aromatic heterocycles. The van der Waals surface area contributed by atoms with E-state index in [1.54, 1.807) is 30.1 Å². The van der Waals surface area contributed by atoms with E-state index in [-0.39, 0.29) is 30.0 Å². The maximum Gasteiger partial charge on any atom is 0.304 e. The number of halogens is 2. The third-order valence-corrected chi connectivity index (χ3v) is 11.2. The third-order valence-electron chi connectivity index (χ3n) is 8.35. The van der Waals surface area contributed by atoms with Crippen LogP contribution in [0.15, 0.2) is 48.5 Å². The molecule has 1 saturated heterocycles. The molecule has 1 saturated carbocycles. The van der Waals surface area contributed by atoms with Crippen molar-refractivity contribution >= 4 is 45.1 Å². The molecule has 0 bridgehead atoms. The van der Waals surface area contributed by atoms with Gasteiger partial charge < -0.3 is 10.0 Å². The van der Waals surface area contributed by atoms with Gasteiger partial charge in [-0.3, -0.25) is 9.59 Å². The summed E-state index contributed by atoms with van der Waals surface area (Å²) in [6.07, 6.45) is 2.14. The first-order valence-electron chi connectivity index (χ1n) is 13.4. The minimum absolute atomic E-state index is 0.125. The maximum absolute atomic E-state index is 14.5. The van der Waals surface area contributed by atoms with Gasteiger partial charge in [-0.25, -0.2) is 12.7 Å². The van der Waals surface area contributed by atoms with E-state index in [1.807, 2.05) is 44.2 Å². The highest BCUT2D eigenvalue weighted by Crippen LogP contribution is 2.53. The quantitative estimate of drug-likeness (QED) is 0.338. The molecule has 1 aliphatic heterocycles. The Balaban J connectivity index is 1.89. The fourth-order valence-corrected chi connectivity index (χ4v) is 7.94. The molecule has 2 aliphatic rings. The Kier molecular flexibility index (Phi) is 9.01. The molecule has 0 radical (unpaired) electrons. The van der Waals surface area contributed by atoms with Gasteiger partial charge in [0.15, 0.2) is 0 Å². The summed E-state index contributed by atoms with van der Waals surface area (Å²) in [4.78, 5) is 28.4. The van der Waals surface area contributed by atoms with Crippen LogP contribution in [0.5, 0.6) is 0 Å². The second-order valence-corrected chi connectivity index (χ2v) is 14.1. The lowest BCUT2D eigenvalue weighted by Crippen LogP contribution is -2.59. The molecule has 4 rings (SSSR count). The zero-order valence-electron chi connectivity index (χ0n) is 22.5. The van der Waals surface area contributed by atoms with Gasteiger partial charge in [0.1, 0.15) is 0 Å². The van der Waals surface area contributed by atoms with Crippen molar-refractivity contribution in [3.05, 3.63) is 69.7 Å². The predicted molar refractivity (Wildman–Crippen MR) is 153 cm³/mol. The number of rotatable bonds is 11. The number of likely N-dealkylation sites (tertiary alicyclic amines) is 1. The second-order valence-electron chi connectivity index (χ2n) is 10.9.